The van der Waals surface area contributed by atoms with Crippen LogP contribution in [-0.4, -0.2) is 29.8 Å². The fourth-order valence-electron chi connectivity index (χ4n) is 2.11. The molecule has 126 valence electrons. The fourth-order valence-corrected chi connectivity index (χ4v) is 2.24. The number of aliphatic imine (C=N–C) groups is 2. The molecule has 0 aliphatic heterocycles. The molecule has 0 amide bonds. The number of nitrogens with one attached hydrogen (secondary N) is 1. The van der Waals surface area contributed by atoms with Gasteiger partial charge in [-0.1, -0.05) is 23.7 Å². The average molecular weight is 346 g/mol. The second kappa shape index (κ2) is 8.88. The van der Waals surface area contributed by atoms with Crippen molar-refractivity contribution in [2.75, 3.05) is 12.4 Å². The minimum Gasteiger partial charge on any atom is -0.472 e. The molecule has 0 unspecified atom stereocenters. The van der Waals surface area contributed by atoms with Crippen molar-refractivity contribution in [3.8, 4) is 5.88 Å². The van der Waals surface area contributed by atoms with Crippen molar-refractivity contribution in [1.82, 2.24) is 9.78 Å². The van der Waals surface area contributed by atoms with Crippen LogP contribution in [0.3, 0.4) is 0 Å². The van der Waals surface area contributed by atoms with E-state index in [4.69, 9.17) is 16.3 Å². The predicted octanol–water partition coefficient (Wildman–Crippen LogP) is 3.62. The quantitative estimate of drug-likeness (QED) is 0.743. The van der Waals surface area contributed by atoms with Crippen molar-refractivity contribution in [2.45, 2.75) is 20.2 Å². The van der Waals surface area contributed by atoms with Crippen LogP contribution in [0.5, 0.6) is 5.88 Å². The highest BCUT2D eigenvalue weighted by molar-refractivity contribution is 6.39. The number of ether oxygens (including phenoxy) is 1. The van der Waals surface area contributed by atoms with Gasteiger partial charge >= 0.3 is 0 Å². The Kier molecular flexibility index (Phi) is 6.57. The molecule has 0 atom stereocenters. The molecular weight excluding hydrogens is 326 g/mol. The standard InChI is InChI=1S/C17H20ClN5O/c1-13-5-4-6-16(20-3)15(13)11-24-17-7-8-23(22-17)12-21-10-14(18)9-19-2/h4-10,20H,2,11-12H2,1,3H3/b14-9+,21-10-. The number of aromatic nitrogens is 2. The molecule has 1 heterocycles. The summed E-state index contributed by atoms with van der Waals surface area (Å²) in [7, 11) is 1.90. The molecule has 1 aromatic carbocycles. The lowest BCUT2D eigenvalue weighted by Gasteiger charge is -2.12. The number of nitrogens with zero attached hydrogens (tertiary/aromatic N) is 4. The zero-order valence-electron chi connectivity index (χ0n) is 13.7. The maximum absolute atomic E-state index is 5.83. The number of hydrogen-bond acceptors (Lipinski definition) is 5. The lowest BCUT2D eigenvalue weighted by atomic mass is 10.1. The summed E-state index contributed by atoms with van der Waals surface area (Å²) in [5.74, 6) is 0.546. The van der Waals surface area contributed by atoms with Crippen molar-refractivity contribution in [1.29, 1.82) is 0 Å². The first-order valence-corrected chi connectivity index (χ1v) is 7.75. The number of anilines is 1. The molecule has 0 aliphatic carbocycles. The van der Waals surface area contributed by atoms with Crippen molar-refractivity contribution in [3.05, 3.63) is 52.8 Å². The highest BCUT2D eigenvalue weighted by Crippen LogP contribution is 2.21. The Morgan fingerprint density at radius 2 is 2.29 bits per heavy atom. The average Bonchev–Trinajstić information content (AvgIpc) is 3.01. The summed E-state index contributed by atoms with van der Waals surface area (Å²) in [6.07, 6.45) is 4.72. The van der Waals surface area contributed by atoms with Gasteiger partial charge in [-0.2, -0.15) is 0 Å². The molecule has 7 heteroatoms. The van der Waals surface area contributed by atoms with Crippen LogP contribution < -0.4 is 10.1 Å². The van der Waals surface area contributed by atoms with Gasteiger partial charge < -0.3 is 10.1 Å². The van der Waals surface area contributed by atoms with Crippen LogP contribution in [-0.2, 0) is 13.3 Å². The Hall–Kier alpha value is -2.60. The molecule has 24 heavy (non-hydrogen) atoms. The second-order valence-corrected chi connectivity index (χ2v) is 5.42. The van der Waals surface area contributed by atoms with Crippen LogP contribution in [0.4, 0.5) is 5.69 Å². The molecule has 1 N–H and O–H groups in total. The molecule has 0 radical (unpaired) electrons. The van der Waals surface area contributed by atoms with Crippen LogP contribution >= 0.6 is 11.6 Å². The summed E-state index contributed by atoms with van der Waals surface area (Å²) in [4.78, 5) is 7.71. The van der Waals surface area contributed by atoms with E-state index in [0.29, 0.717) is 24.2 Å². The zero-order chi connectivity index (χ0) is 17.4. The normalized spacial score (nSPS) is 11.7. The fraction of sp³-hybridized carbons (Fsp3) is 0.235. The van der Waals surface area contributed by atoms with Gasteiger partial charge in [0.15, 0.2) is 0 Å². The first kappa shape index (κ1) is 17.7. The Morgan fingerprint density at radius 1 is 1.46 bits per heavy atom. The van der Waals surface area contributed by atoms with Crippen molar-refractivity contribution < 1.29 is 4.74 Å². The van der Waals surface area contributed by atoms with Crippen molar-refractivity contribution >= 4 is 30.2 Å². The molecule has 0 saturated carbocycles. The van der Waals surface area contributed by atoms with Crippen LogP contribution in [0.2, 0.25) is 0 Å². The Bertz CT molecular complexity index is 751. The van der Waals surface area contributed by atoms with E-state index in [1.54, 1.807) is 16.9 Å². The Balaban J connectivity index is 1.95. The van der Waals surface area contributed by atoms with Crippen molar-refractivity contribution in [2.24, 2.45) is 9.98 Å². The summed E-state index contributed by atoms with van der Waals surface area (Å²) in [6, 6.07) is 7.89. The van der Waals surface area contributed by atoms with Gasteiger partial charge in [-0.3, -0.25) is 9.98 Å². The third-order valence-electron chi connectivity index (χ3n) is 3.32. The first-order valence-electron chi connectivity index (χ1n) is 7.38. The minimum absolute atomic E-state index is 0.344. The van der Waals surface area contributed by atoms with Gasteiger partial charge in [0.2, 0.25) is 5.88 Å². The Morgan fingerprint density at radius 3 is 3.04 bits per heavy atom. The third-order valence-corrected chi connectivity index (χ3v) is 3.51. The SMILES string of the molecule is C=N/C=C(Cl)\C=N/Cn1ccc(OCc2c(C)cccc2NC)n1. The number of benzene rings is 1. The zero-order valence-corrected chi connectivity index (χ0v) is 14.5. The van der Waals surface area contributed by atoms with Crippen LogP contribution in [0.1, 0.15) is 11.1 Å². The molecule has 1 aromatic heterocycles. The second-order valence-electron chi connectivity index (χ2n) is 4.98. The molecule has 0 fully saturated rings. The molecule has 0 spiro atoms. The van der Waals surface area contributed by atoms with Gasteiger partial charge in [0.25, 0.3) is 0 Å². The molecule has 0 aliphatic rings. The first-order chi connectivity index (χ1) is 11.6. The largest absolute Gasteiger partial charge is 0.472 e. The van der Waals surface area contributed by atoms with E-state index in [9.17, 15) is 0 Å². The van der Waals surface area contributed by atoms with Gasteiger partial charge in [-0.05, 0) is 25.3 Å². The summed E-state index contributed by atoms with van der Waals surface area (Å²) in [5.41, 5.74) is 3.33. The predicted molar refractivity (Wildman–Crippen MR) is 99.3 cm³/mol. The number of halogens is 1. The summed E-state index contributed by atoms with van der Waals surface area (Å²) < 4.78 is 7.44. The molecule has 2 aromatic rings. The minimum atomic E-state index is 0.344. The molecule has 0 bridgehead atoms. The van der Waals surface area contributed by atoms with E-state index in [1.165, 1.54) is 18.0 Å². The van der Waals surface area contributed by atoms with Crippen LogP contribution in [0.15, 0.2) is 51.7 Å². The van der Waals surface area contributed by atoms with Gasteiger partial charge in [-0.25, -0.2) is 4.68 Å². The molecule has 2 rings (SSSR count). The van der Waals surface area contributed by atoms with E-state index in [2.05, 4.69) is 40.1 Å². The lowest BCUT2D eigenvalue weighted by Crippen LogP contribution is -2.04. The summed E-state index contributed by atoms with van der Waals surface area (Å²) in [5, 5.41) is 7.90. The van der Waals surface area contributed by atoms with E-state index >= 15 is 0 Å². The molecule has 6 nitrogen and oxygen atoms in total. The highest BCUT2D eigenvalue weighted by atomic mass is 35.5. The van der Waals surface area contributed by atoms with Gasteiger partial charge in [0, 0.05) is 43.0 Å². The number of allylic oxidation sites excluding steroid dienone is 1. The molecule has 0 saturated heterocycles. The molecular formula is C17H20ClN5O. The van der Waals surface area contributed by atoms with Gasteiger partial charge in [0.1, 0.15) is 13.3 Å². The topological polar surface area (TPSA) is 63.8 Å². The summed E-state index contributed by atoms with van der Waals surface area (Å²) >= 11 is 5.83. The van der Waals surface area contributed by atoms with Gasteiger partial charge in [0.05, 0.1) is 5.03 Å². The van der Waals surface area contributed by atoms with Crippen LogP contribution in [0.25, 0.3) is 0 Å². The smallest absolute Gasteiger partial charge is 0.233 e. The van der Waals surface area contributed by atoms with E-state index in [1.807, 2.05) is 19.2 Å². The Labute approximate surface area is 146 Å². The van der Waals surface area contributed by atoms with Gasteiger partial charge in [-0.15, -0.1) is 5.10 Å². The lowest BCUT2D eigenvalue weighted by molar-refractivity contribution is 0.289. The maximum Gasteiger partial charge on any atom is 0.233 e. The van der Waals surface area contributed by atoms with E-state index in [0.717, 1.165) is 11.3 Å². The highest BCUT2D eigenvalue weighted by Gasteiger charge is 2.06. The number of rotatable bonds is 8. The summed E-state index contributed by atoms with van der Waals surface area (Å²) in [6.45, 7) is 6.17. The van der Waals surface area contributed by atoms with E-state index < -0.39 is 0 Å². The van der Waals surface area contributed by atoms with E-state index in [-0.39, 0.29) is 0 Å². The monoisotopic (exact) mass is 345 g/mol. The number of aryl methyl sites for hydroxylation is 1. The van der Waals surface area contributed by atoms with Crippen molar-refractivity contribution in [3.63, 3.8) is 0 Å². The van der Waals surface area contributed by atoms with Crippen LogP contribution in [0, 0.1) is 6.92 Å². The third kappa shape index (κ3) is 4.96. The number of hydrogen-bond donors (Lipinski definition) is 1. The maximum atomic E-state index is 5.83.